The lowest BCUT2D eigenvalue weighted by Crippen LogP contribution is -2.44. The van der Waals surface area contributed by atoms with Gasteiger partial charge < -0.3 is 4.74 Å². The Morgan fingerprint density at radius 2 is 1.83 bits per heavy atom. The van der Waals surface area contributed by atoms with E-state index in [0.717, 1.165) is 25.7 Å². The minimum atomic E-state index is -0.587. The molecule has 1 fully saturated rings. The van der Waals surface area contributed by atoms with E-state index < -0.39 is 17.4 Å². The molecule has 0 bridgehead atoms. The Labute approximate surface area is 133 Å². The highest BCUT2D eigenvalue weighted by Gasteiger charge is 2.19. The highest BCUT2D eigenvalue weighted by atomic mass is 16.6. The maximum atomic E-state index is 11.7. The fourth-order valence-corrected chi connectivity index (χ4v) is 2.58. The summed E-state index contributed by atoms with van der Waals surface area (Å²) in [6.07, 6.45) is 4.78. The van der Waals surface area contributed by atoms with Crippen molar-refractivity contribution in [1.82, 2.24) is 10.9 Å². The Balaban J connectivity index is 1.72. The van der Waals surface area contributed by atoms with E-state index >= 15 is 0 Å². The monoisotopic (exact) mass is 321 g/mol. The molecule has 0 atom stereocenters. The van der Waals surface area contributed by atoms with Gasteiger partial charge in [-0.1, -0.05) is 25.0 Å². The van der Waals surface area contributed by atoms with Crippen LogP contribution < -0.4 is 15.6 Å². The zero-order valence-corrected chi connectivity index (χ0v) is 12.6. The smallest absolute Gasteiger partial charge is 0.310 e. The SMILES string of the molecule is O=C(COc1ccccc1[N+](=O)[O-])NNC(=O)CC1CCCC1. The van der Waals surface area contributed by atoms with E-state index in [1.807, 2.05) is 0 Å². The van der Waals surface area contributed by atoms with Crippen molar-refractivity contribution in [2.75, 3.05) is 6.61 Å². The molecule has 2 rings (SSSR count). The van der Waals surface area contributed by atoms with Gasteiger partial charge in [0.2, 0.25) is 5.91 Å². The summed E-state index contributed by atoms with van der Waals surface area (Å²) >= 11 is 0. The van der Waals surface area contributed by atoms with Crippen molar-refractivity contribution in [3.63, 3.8) is 0 Å². The lowest BCUT2D eigenvalue weighted by Gasteiger charge is -2.11. The number of nitro groups is 1. The molecule has 1 aliphatic carbocycles. The van der Waals surface area contributed by atoms with Gasteiger partial charge in [0.05, 0.1) is 4.92 Å². The van der Waals surface area contributed by atoms with Crippen LogP contribution in [0, 0.1) is 16.0 Å². The van der Waals surface area contributed by atoms with E-state index in [4.69, 9.17) is 4.74 Å². The maximum Gasteiger partial charge on any atom is 0.310 e. The van der Waals surface area contributed by atoms with Gasteiger partial charge in [0.15, 0.2) is 12.4 Å². The highest BCUT2D eigenvalue weighted by molar-refractivity contribution is 5.82. The molecular weight excluding hydrogens is 302 g/mol. The fourth-order valence-electron chi connectivity index (χ4n) is 2.58. The van der Waals surface area contributed by atoms with Crippen LogP contribution >= 0.6 is 0 Å². The molecule has 2 amide bonds. The van der Waals surface area contributed by atoms with Crippen LogP contribution in [0.15, 0.2) is 24.3 Å². The molecule has 124 valence electrons. The molecule has 1 aliphatic rings. The standard InChI is InChI=1S/C15H19N3O5/c19-14(9-11-5-1-2-6-11)16-17-15(20)10-23-13-8-4-3-7-12(13)18(21)22/h3-4,7-8,11H,1-2,5-6,9-10H2,(H,16,19)(H,17,20). The van der Waals surface area contributed by atoms with Crippen molar-refractivity contribution < 1.29 is 19.2 Å². The van der Waals surface area contributed by atoms with Gasteiger partial charge in [0, 0.05) is 12.5 Å². The van der Waals surface area contributed by atoms with Gasteiger partial charge in [0.1, 0.15) is 0 Å². The largest absolute Gasteiger partial charge is 0.477 e. The zero-order valence-electron chi connectivity index (χ0n) is 12.6. The first-order valence-corrected chi connectivity index (χ1v) is 7.50. The van der Waals surface area contributed by atoms with Crippen LogP contribution in [0.2, 0.25) is 0 Å². The van der Waals surface area contributed by atoms with Gasteiger partial charge in [0.25, 0.3) is 5.91 Å². The minimum absolute atomic E-state index is 0.00457. The van der Waals surface area contributed by atoms with Gasteiger partial charge in [-0.15, -0.1) is 0 Å². The fraction of sp³-hybridized carbons (Fsp3) is 0.467. The molecule has 0 aromatic heterocycles. The minimum Gasteiger partial charge on any atom is -0.477 e. The van der Waals surface area contributed by atoms with Crippen molar-refractivity contribution >= 4 is 17.5 Å². The van der Waals surface area contributed by atoms with Crippen LogP contribution in [0.25, 0.3) is 0 Å². The van der Waals surface area contributed by atoms with Gasteiger partial charge in [-0.05, 0) is 24.8 Å². The Morgan fingerprint density at radius 1 is 1.17 bits per heavy atom. The maximum absolute atomic E-state index is 11.7. The average Bonchev–Trinajstić information content (AvgIpc) is 3.04. The number of rotatable bonds is 6. The molecule has 0 heterocycles. The molecule has 0 unspecified atom stereocenters. The van der Waals surface area contributed by atoms with E-state index in [-0.39, 0.29) is 17.3 Å². The number of carbonyl (C=O) groups is 2. The molecule has 2 N–H and O–H groups in total. The van der Waals surface area contributed by atoms with Gasteiger partial charge in [-0.25, -0.2) is 0 Å². The third-order valence-corrected chi connectivity index (χ3v) is 3.71. The van der Waals surface area contributed by atoms with E-state index in [1.54, 1.807) is 6.07 Å². The molecule has 0 saturated heterocycles. The molecule has 0 radical (unpaired) electrons. The third-order valence-electron chi connectivity index (χ3n) is 3.71. The number of benzene rings is 1. The van der Waals surface area contributed by atoms with Gasteiger partial charge in [-0.3, -0.25) is 30.6 Å². The summed E-state index contributed by atoms with van der Waals surface area (Å²) < 4.78 is 5.12. The number of hydrogen-bond acceptors (Lipinski definition) is 5. The number of hydrogen-bond donors (Lipinski definition) is 2. The summed E-state index contributed by atoms with van der Waals surface area (Å²) in [5.41, 5.74) is 4.36. The number of amides is 2. The average molecular weight is 321 g/mol. The predicted molar refractivity (Wildman–Crippen MR) is 81.5 cm³/mol. The Hall–Kier alpha value is -2.64. The molecular formula is C15H19N3O5. The normalized spacial score (nSPS) is 14.3. The number of para-hydroxylation sites is 2. The van der Waals surface area contributed by atoms with Gasteiger partial charge in [-0.2, -0.15) is 0 Å². The lowest BCUT2D eigenvalue weighted by atomic mass is 10.0. The van der Waals surface area contributed by atoms with E-state index in [9.17, 15) is 19.7 Å². The summed E-state index contributed by atoms with van der Waals surface area (Å²) in [4.78, 5) is 33.5. The Bertz CT molecular complexity index is 584. The molecule has 8 heteroatoms. The third kappa shape index (κ3) is 5.24. The van der Waals surface area contributed by atoms with E-state index in [0.29, 0.717) is 12.3 Å². The summed E-state index contributed by atoms with van der Waals surface area (Å²) in [5.74, 6) is -0.432. The second-order valence-corrected chi connectivity index (χ2v) is 5.46. The molecule has 0 spiro atoms. The van der Waals surface area contributed by atoms with Crippen LogP contribution in [0.4, 0.5) is 5.69 Å². The van der Waals surface area contributed by atoms with Crippen molar-refractivity contribution in [1.29, 1.82) is 0 Å². The van der Waals surface area contributed by atoms with Crippen molar-refractivity contribution in [3.05, 3.63) is 34.4 Å². The van der Waals surface area contributed by atoms with E-state index in [1.165, 1.54) is 18.2 Å². The zero-order chi connectivity index (χ0) is 16.7. The molecule has 1 aromatic rings. The number of nitrogens with one attached hydrogen (secondary N) is 2. The number of ether oxygens (including phenoxy) is 1. The lowest BCUT2D eigenvalue weighted by molar-refractivity contribution is -0.385. The van der Waals surface area contributed by atoms with Crippen LogP contribution in [0.5, 0.6) is 5.75 Å². The summed E-state index contributed by atoms with van der Waals surface area (Å²) in [5, 5.41) is 10.8. The summed E-state index contributed by atoms with van der Waals surface area (Å²) in [7, 11) is 0. The molecule has 1 aromatic carbocycles. The predicted octanol–water partition coefficient (Wildman–Crippen LogP) is 1.70. The summed E-state index contributed by atoms with van der Waals surface area (Å²) in [6, 6.07) is 5.78. The molecule has 8 nitrogen and oxygen atoms in total. The van der Waals surface area contributed by atoms with Crippen LogP contribution in [-0.2, 0) is 9.59 Å². The number of hydrazine groups is 1. The Kier molecular flexibility index (Phi) is 5.90. The van der Waals surface area contributed by atoms with Crippen LogP contribution in [0.3, 0.4) is 0 Å². The topological polar surface area (TPSA) is 111 Å². The van der Waals surface area contributed by atoms with Crippen molar-refractivity contribution in [2.45, 2.75) is 32.1 Å². The second kappa shape index (κ2) is 8.11. The van der Waals surface area contributed by atoms with Crippen LogP contribution in [0.1, 0.15) is 32.1 Å². The number of nitro benzene ring substituents is 1. The first kappa shape index (κ1) is 16.7. The van der Waals surface area contributed by atoms with Crippen LogP contribution in [-0.4, -0.2) is 23.3 Å². The molecule has 0 aliphatic heterocycles. The van der Waals surface area contributed by atoms with E-state index in [2.05, 4.69) is 10.9 Å². The molecule has 23 heavy (non-hydrogen) atoms. The first-order valence-electron chi connectivity index (χ1n) is 7.50. The quantitative estimate of drug-likeness (QED) is 0.612. The number of carbonyl (C=O) groups excluding carboxylic acids is 2. The van der Waals surface area contributed by atoms with Gasteiger partial charge >= 0.3 is 5.69 Å². The van der Waals surface area contributed by atoms with Crippen molar-refractivity contribution in [2.24, 2.45) is 5.92 Å². The number of nitrogens with zero attached hydrogens (tertiary/aromatic N) is 1. The second-order valence-electron chi connectivity index (χ2n) is 5.46. The first-order chi connectivity index (χ1) is 11.1. The highest BCUT2D eigenvalue weighted by Crippen LogP contribution is 2.27. The van der Waals surface area contributed by atoms with Crippen molar-refractivity contribution in [3.8, 4) is 5.75 Å². The Morgan fingerprint density at radius 3 is 2.52 bits per heavy atom. The molecule has 1 saturated carbocycles. The summed E-state index contributed by atoms with van der Waals surface area (Å²) in [6.45, 7) is -0.422.